The van der Waals surface area contributed by atoms with Crippen LogP contribution in [0.15, 0.2) is 11.6 Å². The average Bonchev–Trinajstić information content (AvgIpc) is 2.15. The second-order valence-electron chi connectivity index (χ2n) is 6.04. The van der Waals surface area contributed by atoms with Crippen molar-refractivity contribution < 1.29 is 0 Å². The number of hydrogen-bond acceptors (Lipinski definition) is 1. The van der Waals surface area contributed by atoms with Gasteiger partial charge in [-0.3, -0.25) is 0 Å². The first kappa shape index (κ1) is 13.8. The highest BCUT2D eigenvalue weighted by Crippen LogP contribution is 2.27. The fraction of sp³-hybridized carbons (Fsp3) is 0.867. The highest BCUT2D eigenvalue weighted by atomic mass is 14.9. The summed E-state index contributed by atoms with van der Waals surface area (Å²) >= 11 is 0. The van der Waals surface area contributed by atoms with E-state index in [0.717, 1.165) is 17.8 Å². The molecule has 0 aromatic rings. The molecule has 0 aromatic carbocycles. The summed E-state index contributed by atoms with van der Waals surface area (Å²) in [6, 6.07) is 0. The molecule has 16 heavy (non-hydrogen) atoms. The van der Waals surface area contributed by atoms with E-state index < -0.39 is 0 Å². The minimum Gasteiger partial charge on any atom is -0.316 e. The number of hydrogen-bond donors (Lipinski definition) is 1. The lowest BCUT2D eigenvalue weighted by Crippen LogP contribution is -2.27. The zero-order valence-corrected chi connectivity index (χ0v) is 11.6. The lowest BCUT2D eigenvalue weighted by molar-refractivity contribution is 0.378. The lowest BCUT2D eigenvalue weighted by Gasteiger charge is -2.25. The van der Waals surface area contributed by atoms with Crippen molar-refractivity contribution in [2.45, 2.75) is 53.4 Å². The molecule has 1 aliphatic rings. The van der Waals surface area contributed by atoms with Gasteiger partial charge in [-0.05, 0) is 63.5 Å². The van der Waals surface area contributed by atoms with Gasteiger partial charge in [-0.15, -0.1) is 0 Å². The maximum atomic E-state index is 3.62. The van der Waals surface area contributed by atoms with Crippen LogP contribution in [-0.4, -0.2) is 13.1 Å². The van der Waals surface area contributed by atoms with Crippen LogP contribution in [0, 0.1) is 17.8 Å². The molecular weight excluding hydrogens is 194 g/mol. The Kier molecular flexibility index (Phi) is 6.12. The second-order valence-corrected chi connectivity index (χ2v) is 6.04. The molecule has 0 spiro atoms. The van der Waals surface area contributed by atoms with Crippen molar-refractivity contribution in [3.63, 3.8) is 0 Å². The topological polar surface area (TPSA) is 12.0 Å². The first-order valence-electron chi connectivity index (χ1n) is 6.96. The smallest absolute Gasteiger partial charge is 0.00172 e. The van der Waals surface area contributed by atoms with Crippen molar-refractivity contribution in [3.8, 4) is 0 Å². The molecule has 1 aliphatic carbocycles. The Morgan fingerprint density at radius 1 is 1.44 bits per heavy atom. The average molecular weight is 223 g/mol. The zero-order chi connectivity index (χ0) is 12.0. The molecule has 0 amide bonds. The summed E-state index contributed by atoms with van der Waals surface area (Å²) in [6.07, 6.45) is 7.80. The number of allylic oxidation sites excluding steroid dienone is 2. The molecule has 0 saturated carbocycles. The highest BCUT2D eigenvalue weighted by Gasteiger charge is 2.17. The fourth-order valence-electron chi connectivity index (χ4n) is 2.78. The Labute approximate surface area is 102 Å². The molecule has 1 heteroatoms. The molecule has 0 aromatic heterocycles. The molecule has 94 valence electrons. The van der Waals surface area contributed by atoms with Crippen LogP contribution in [0.4, 0.5) is 0 Å². The SMILES string of the molecule is CC1=CC(C)CC(CNCCCC(C)C)C1. The van der Waals surface area contributed by atoms with Crippen LogP contribution in [0.1, 0.15) is 53.4 Å². The van der Waals surface area contributed by atoms with E-state index in [1.54, 1.807) is 5.57 Å². The van der Waals surface area contributed by atoms with E-state index in [9.17, 15) is 0 Å². The van der Waals surface area contributed by atoms with E-state index in [1.807, 2.05) is 0 Å². The molecule has 0 radical (unpaired) electrons. The van der Waals surface area contributed by atoms with Crippen LogP contribution in [-0.2, 0) is 0 Å². The normalized spacial score (nSPS) is 25.9. The molecule has 1 nitrogen and oxygen atoms in total. The van der Waals surface area contributed by atoms with Crippen molar-refractivity contribution in [3.05, 3.63) is 11.6 Å². The third-order valence-electron chi connectivity index (χ3n) is 3.45. The van der Waals surface area contributed by atoms with Crippen LogP contribution in [0.2, 0.25) is 0 Å². The van der Waals surface area contributed by atoms with Gasteiger partial charge in [0.25, 0.3) is 0 Å². The summed E-state index contributed by atoms with van der Waals surface area (Å²) in [6.45, 7) is 11.6. The van der Waals surface area contributed by atoms with Crippen molar-refractivity contribution in [2.24, 2.45) is 17.8 Å². The van der Waals surface area contributed by atoms with Gasteiger partial charge in [0.1, 0.15) is 0 Å². The van der Waals surface area contributed by atoms with E-state index in [2.05, 4.69) is 39.1 Å². The third kappa shape index (κ3) is 5.69. The zero-order valence-electron chi connectivity index (χ0n) is 11.6. The van der Waals surface area contributed by atoms with Gasteiger partial charge in [0, 0.05) is 0 Å². The maximum absolute atomic E-state index is 3.62. The van der Waals surface area contributed by atoms with Gasteiger partial charge in [0.15, 0.2) is 0 Å². The number of rotatable bonds is 6. The van der Waals surface area contributed by atoms with Crippen molar-refractivity contribution in [1.82, 2.24) is 5.32 Å². The molecule has 0 fully saturated rings. The van der Waals surface area contributed by atoms with Gasteiger partial charge in [0.2, 0.25) is 0 Å². The van der Waals surface area contributed by atoms with Crippen molar-refractivity contribution in [1.29, 1.82) is 0 Å². The van der Waals surface area contributed by atoms with Crippen molar-refractivity contribution >= 4 is 0 Å². The van der Waals surface area contributed by atoms with Gasteiger partial charge in [-0.2, -0.15) is 0 Å². The molecule has 2 atom stereocenters. The Bertz CT molecular complexity index is 217. The van der Waals surface area contributed by atoms with Crippen LogP contribution in [0.3, 0.4) is 0 Å². The molecule has 0 aliphatic heterocycles. The summed E-state index contributed by atoms with van der Waals surface area (Å²) in [4.78, 5) is 0. The minimum absolute atomic E-state index is 0.788. The largest absolute Gasteiger partial charge is 0.316 e. The Balaban J connectivity index is 2.08. The maximum Gasteiger partial charge on any atom is -0.00172 e. The molecular formula is C15H29N. The lowest BCUT2D eigenvalue weighted by atomic mass is 9.84. The summed E-state index contributed by atoms with van der Waals surface area (Å²) in [5.41, 5.74) is 1.59. The highest BCUT2D eigenvalue weighted by molar-refractivity contribution is 5.06. The first-order chi connectivity index (χ1) is 7.58. The molecule has 0 saturated heterocycles. The second kappa shape index (κ2) is 7.11. The summed E-state index contributed by atoms with van der Waals surface area (Å²) in [7, 11) is 0. The Hall–Kier alpha value is -0.300. The minimum atomic E-state index is 0.788. The van der Waals surface area contributed by atoms with Crippen LogP contribution >= 0.6 is 0 Å². The van der Waals surface area contributed by atoms with E-state index in [4.69, 9.17) is 0 Å². The van der Waals surface area contributed by atoms with Gasteiger partial charge in [0.05, 0.1) is 0 Å². The molecule has 0 bridgehead atoms. The Morgan fingerprint density at radius 3 is 2.81 bits per heavy atom. The first-order valence-corrected chi connectivity index (χ1v) is 6.96. The van der Waals surface area contributed by atoms with Crippen LogP contribution in [0.5, 0.6) is 0 Å². The van der Waals surface area contributed by atoms with E-state index >= 15 is 0 Å². The number of nitrogens with one attached hydrogen (secondary N) is 1. The van der Waals surface area contributed by atoms with E-state index in [1.165, 1.54) is 38.8 Å². The van der Waals surface area contributed by atoms with E-state index in [0.29, 0.717) is 0 Å². The molecule has 2 unspecified atom stereocenters. The van der Waals surface area contributed by atoms with E-state index in [-0.39, 0.29) is 0 Å². The monoisotopic (exact) mass is 223 g/mol. The molecule has 0 heterocycles. The summed E-state index contributed by atoms with van der Waals surface area (Å²) in [5, 5.41) is 3.62. The summed E-state index contributed by atoms with van der Waals surface area (Å²) < 4.78 is 0. The predicted octanol–water partition coefficient (Wildman–Crippen LogP) is 4.00. The predicted molar refractivity (Wildman–Crippen MR) is 72.6 cm³/mol. The quantitative estimate of drug-likeness (QED) is 0.530. The van der Waals surface area contributed by atoms with Gasteiger partial charge in [-0.25, -0.2) is 0 Å². The van der Waals surface area contributed by atoms with Crippen molar-refractivity contribution in [2.75, 3.05) is 13.1 Å². The standard InChI is InChI=1S/C15H29N/c1-12(2)6-5-7-16-11-15-9-13(3)8-14(4)10-15/h8,12-13,15-16H,5-7,9-11H2,1-4H3. The summed E-state index contributed by atoms with van der Waals surface area (Å²) in [5.74, 6) is 2.51. The van der Waals surface area contributed by atoms with Gasteiger partial charge >= 0.3 is 0 Å². The third-order valence-corrected chi connectivity index (χ3v) is 3.45. The molecule has 1 N–H and O–H groups in total. The Morgan fingerprint density at radius 2 is 2.19 bits per heavy atom. The van der Waals surface area contributed by atoms with Crippen LogP contribution < -0.4 is 5.32 Å². The van der Waals surface area contributed by atoms with Gasteiger partial charge < -0.3 is 5.32 Å². The molecule has 1 rings (SSSR count). The fourth-order valence-corrected chi connectivity index (χ4v) is 2.78. The van der Waals surface area contributed by atoms with Gasteiger partial charge in [-0.1, -0.05) is 32.4 Å². The van der Waals surface area contributed by atoms with Crippen LogP contribution in [0.25, 0.3) is 0 Å².